The molecule has 0 radical (unpaired) electrons. The lowest BCUT2D eigenvalue weighted by Gasteiger charge is -2.16. The van der Waals surface area contributed by atoms with E-state index in [2.05, 4.69) is 0 Å². The summed E-state index contributed by atoms with van der Waals surface area (Å²) in [6, 6.07) is 9.16. The molecular formula is C13H9F3N2. The van der Waals surface area contributed by atoms with E-state index >= 15 is 0 Å². The van der Waals surface area contributed by atoms with E-state index in [0.29, 0.717) is 10.8 Å². The average Bonchev–Trinajstić information content (AvgIpc) is 2.35. The molecule has 5 heteroatoms. The van der Waals surface area contributed by atoms with E-state index in [4.69, 9.17) is 11.0 Å². The zero-order valence-electron chi connectivity index (χ0n) is 9.20. The Kier molecular flexibility index (Phi) is 2.97. The molecule has 0 spiro atoms. The fourth-order valence-corrected chi connectivity index (χ4v) is 1.79. The molecule has 1 atom stereocenters. The van der Waals surface area contributed by atoms with Gasteiger partial charge in [-0.15, -0.1) is 0 Å². The van der Waals surface area contributed by atoms with Crippen molar-refractivity contribution in [2.75, 3.05) is 0 Å². The number of hydrogen-bond acceptors (Lipinski definition) is 2. The van der Waals surface area contributed by atoms with Crippen LogP contribution < -0.4 is 5.73 Å². The maximum absolute atomic E-state index is 12.6. The van der Waals surface area contributed by atoms with Crippen molar-refractivity contribution in [1.82, 2.24) is 0 Å². The minimum absolute atomic E-state index is 0.0993. The maximum atomic E-state index is 12.6. The Morgan fingerprint density at radius 2 is 1.83 bits per heavy atom. The molecular weight excluding hydrogens is 241 g/mol. The fourth-order valence-electron chi connectivity index (χ4n) is 1.79. The molecule has 2 N–H and O–H groups in total. The zero-order chi connectivity index (χ0) is 13.3. The Balaban J connectivity index is 2.65. The van der Waals surface area contributed by atoms with Gasteiger partial charge in [0.2, 0.25) is 0 Å². The predicted octanol–water partition coefficient (Wildman–Crippen LogP) is 3.27. The Morgan fingerprint density at radius 1 is 1.17 bits per heavy atom. The smallest absolute Gasteiger partial charge is 0.316 e. The number of alkyl halides is 3. The summed E-state index contributed by atoms with van der Waals surface area (Å²) >= 11 is 0. The van der Waals surface area contributed by atoms with E-state index in [1.165, 1.54) is 12.1 Å². The highest BCUT2D eigenvalue weighted by Crippen LogP contribution is 2.33. The second-order valence-electron chi connectivity index (χ2n) is 3.92. The largest absolute Gasteiger partial charge is 0.407 e. The SMILES string of the molecule is N#Cc1cc([C@H](N)C(F)(F)F)cc2ccccc12. The molecule has 0 unspecified atom stereocenters. The fraction of sp³-hybridized carbons (Fsp3) is 0.154. The van der Waals surface area contributed by atoms with Gasteiger partial charge in [0.25, 0.3) is 0 Å². The topological polar surface area (TPSA) is 49.8 Å². The Hall–Kier alpha value is -2.06. The highest BCUT2D eigenvalue weighted by atomic mass is 19.4. The first-order valence-corrected chi connectivity index (χ1v) is 5.18. The molecule has 0 aliphatic carbocycles. The third kappa shape index (κ3) is 2.15. The van der Waals surface area contributed by atoms with Gasteiger partial charge in [-0.1, -0.05) is 24.3 Å². The number of hydrogen-bond donors (Lipinski definition) is 1. The minimum Gasteiger partial charge on any atom is -0.316 e. The van der Waals surface area contributed by atoms with Crippen molar-refractivity contribution < 1.29 is 13.2 Å². The van der Waals surface area contributed by atoms with Gasteiger partial charge >= 0.3 is 6.18 Å². The molecule has 92 valence electrons. The van der Waals surface area contributed by atoms with Gasteiger partial charge in [0.05, 0.1) is 11.6 Å². The molecule has 0 aromatic heterocycles. The number of nitrogens with two attached hydrogens (primary N) is 1. The molecule has 0 bridgehead atoms. The number of rotatable bonds is 1. The van der Waals surface area contributed by atoms with Gasteiger partial charge in [0.1, 0.15) is 6.04 Å². The summed E-state index contributed by atoms with van der Waals surface area (Å²) in [5, 5.41) is 10.2. The third-order valence-corrected chi connectivity index (χ3v) is 2.72. The second kappa shape index (κ2) is 4.31. The second-order valence-corrected chi connectivity index (χ2v) is 3.92. The Bertz CT molecular complexity index is 626. The van der Waals surface area contributed by atoms with Gasteiger partial charge in [-0.3, -0.25) is 0 Å². The summed E-state index contributed by atoms with van der Waals surface area (Å²) < 4.78 is 37.7. The van der Waals surface area contributed by atoms with Gasteiger partial charge in [-0.25, -0.2) is 0 Å². The molecule has 2 rings (SSSR count). The van der Waals surface area contributed by atoms with Crippen molar-refractivity contribution in [2.24, 2.45) is 5.73 Å². The zero-order valence-corrected chi connectivity index (χ0v) is 9.20. The standard InChI is InChI=1S/C13H9F3N2/c14-13(15,16)12(18)9-5-8-3-1-2-4-11(8)10(6-9)7-17/h1-6,12H,18H2/t12-/m0/s1. The highest BCUT2D eigenvalue weighted by Gasteiger charge is 2.38. The highest BCUT2D eigenvalue weighted by molar-refractivity contribution is 5.88. The number of fused-ring (bicyclic) bond motifs is 1. The van der Waals surface area contributed by atoms with E-state index < -0.39 is 12.2 Å². The lowest BCUT2D eigenvalue weighted by atomic mass is 9.98. The molecule has 0 amide bonds. The Labute approximate surface area is 101 Å². The van der Waals surface area contributed by atoms with Crippen molar-refractivity contribution in [2.45, 2.75) is 12.2 Å². The monoisotopic (exact) mass is 250 g/mol. The van der Waals surface area contributed by atoms with Crippen LogP contribution in [0.2, 0.25) is 0 Å². The van der Waals surface area contributed by atoms with Gasteiger partial charge in [0, 0.05) is 0 Å². The first kappa shape index (κ1) is 12.4. The van der Waals surface area contributed by atoms with Crippen molar-refractivity contribution in [3.05, 3.63) is 47.5 Å². The molecule has 0 saturated heterocycles. The Morgan fingerprint density at radius 3 is 2.44 bits per heavy atom. The maximum Gasteiger partial charge on any atom is 0.407 e. The molecule has 0 heterocycles. The van der Waals surface area contributed by atoms with Crippen molar-refractivity contribution >= 4 is 10.8 Å². The van der Waals surface area contributed by atoms with Gasteiger partial charge < -0.3 is 5.73 Å². The lowest BCUT2D eigenvalue weighted by molar-refractivity contribution is -0.149. The summed E-state index contributed by atoms with van der Waals surface area (Å²) in [7, 11) is 0. The van der Waals surface area contributed by atoms with Crippen LogP contribution in [0.15, 0.2) is 36.4 Å². The average molecular weight is 250 g/mol. The van der Waals surface area contributed by atoms with Crippen LogP contribution in [0.1, 0.15) is 17.2 Å². The van der Waals surface area contributed by atoms with E-state index in [-0.39, 0.29) is 11.1 Å². The van der Waals surface area contributed by atoms with Crippen molar-refractivity contribution in [1.29, 1.82) is 5.26 Å². The molecule has 0 aliphatic heterocycles. The van der Waals surface area contributed by atoms with E-state index in [9.17, 15) is 13.2 Å². The quantitative estimate of drug-likeness (QED) is 0.844. The first-order valence-electron chi connectivity index (χ1n) is 5.18. The van der Waals surface area contributed by atoms with Crippen LogP contribution in [-0.2, 0) is 0 Å². The summed E-state index contributed by atoms with van der Waals surface area (Å²) in [6.45, 7) is 0. The molecule has 0 aliphatic rings. The summed E-state index contributed by atoms with van der Waals surface area (Å²) in [4.78, 5) is 0. The van der Waals surface area contributed by atoms with Crippen LogP contribution in [0.4, 0.5) is 13.2 Å². The van der Waals surface area contributed by atoms with E-state index in [0.717, 1.165) is 0 Å². The van der Waals surface area contributed by atoms with Gasteiger partial charge in [-0.2, -0.15) is 18.4 Å². The molecule has 18 heavy (non-hydrogen) atoms. The minimum atomic E-state index is -4.52. The van der Waals surface area contributed by atoms with Gasteiger partial charge in [-0.05, 0) is 28.5 Å². The van der Waals surface area contributed by atoms with Crippen LogP contribution in [0.5, 0.6) is 0 Å². The van der Waals surface area contributed by atoms with Crippen LogP contribution in [0.25, 0.3) is 10.8 Å². The third-order valence-electron chi connectivity index (χ3n) is 2.72. The molecule has 0 saturated carbocycles. The van der Waals surface area contributed by atoms with E-state index in [1.807, 2.05) is 6.07 Å². The van der Waals surface area contributed by atoms with Crippen LogP contribution in [0, 0.1) is 11.3 Å². The lowest BCUT2D eigenvalue weighted by Crippen LogP contribution is -2.28. The number of nitriles is 1. The number of halogens is 3. The number of nitrogens with zero attached hydrogens (tertiary/aromatic N) is 1. The molecule has 2 aromatic rings. The number of benzene rings is 2. The first-order chi connectivity index (χ1) is 8.43. The summed E-state index contributed by atoms with van der Waals surface area (Å²) in [5.41, 5.74) is 5.25. The van der Waals surface area contributed by atoms with Crippen molar-refractivity contribution in [3.8, 4) is 6.07 Å². The predicted molar refractivity (Wildman–Crippen MR) is 61.6 cm³/mol. The van der Waals surface area contributed by atoms with Crippen molar-refractivity contribution in [3.63, 3.8) is 0 Å². The molecule has 2 nitrogen and oxygen atoms in total. The summed E-state index contributed by atoms with van der Waals surface area (Å²) in [5.74, 6) is 0. The normalized spacial score (nSPS) is 13.3. The van der Waals surface area contributed by atoms with Crippen LogP contribution in [0.3, 0.4) is 0 Å². The van der Waals surface area contributed by atoms with E-state index in [1.54, 1.807) is 24.3 Å². The van der Waals surface area contributed by atoms with Crippen LogP contribution >= 0.6 is 0 Å². The molecule has 0 fully saturated rings. The van der Waals surface area contributed by atoms with Crippen LogP contribution in [-0.4, -0.2) is 6.18 Å². The molecule has 2 aromatic carbocycles. The summed E-state index contributed by atoms with van der Waals surface area (Å²) in [6.07, 6.45) is -4.52. The van der Waals surface area contributed by atoms with Gasteiger partial charge in [0.15, 0.2) is 0 Å².